The number of rotatable bonds is 8. The molecular formula is C23H43IN6S. The molecule has 2 N–H and O–H groups in total. The number of halogens is 1. The van der Waals surface area contributed by atoms with E-state index in [1.54, 1.807) is 11.3 Å². The molecule has 2 saturated heterocycles. The van der Waals surface area contributed by atoms with Crippen LogP contribution in [0.3, 0.4) is 0 Å². The van der Waals surface area contributed by atoms with E-state index in [-0.39, 0.29) is 24.0 Å². The number of piperidine rings is 2. The van der Waals surface area contributed by atoms with Gasteiger partial charge in [-0.15, -0.1) is 35.3 Å². The van der Waals surface area contributed by atoms with Crippen molar-refractivity contribution in [1.82, 2.24) is 25.4 Å². The highest BCUT2D eigenvalue weighted by molar-refractivity contribution is 14.0. The second kappa shape index (κ2) is 14.0. The fourth-order valence-electron chi connectivity index (χ4n) is 4.55. The molecule has 31 heavy (non-hydrogen) atoms. The summed E-state index contributed by atoms with van der Waals surface area (Å²) in [6.07, 6.45) is 4.90. The molecule has 0 radical (unpaired) electrons. The summed E-state index contributed by atoms with van der Waals surface area (Å²) in [5, 5.41) is 10.5. The maximum atomic E-state index is 4.96. The number of hydrogen-bond donors (Lipinski definition) is 2. The lowest BCUT2D eigenvalue weighted by molar-refractivity contribution is 0.178. The molecule has 0 unspecified atom stereocenters. The molecule has 2 aliphatic rings. The minimum Gasteiger partial charge on any atom is -0.357 e. The normalized spacial score (nSPS) is 20.1. The molecule has 8 heteroatoms. The van der Waals surface area contributed by atoms with E-state index < -0.39 is 0 Å². The zero-order valence-electron chi connectivity index (χ0n) is 19.9. The molecule has 0 bridgehead atoms. The highest BCUT2D eigenvalue weighted by atomic mass is 127. The Bertz CT molecular complexity index is 648. The highest BCUT2D eigenvalue weighted by Crippen LogP contribution is 2.20. The standard InChI is InChI=1S/C23H42N6S.HI/c1-5-24-23(27-21-8-12-28(13-9-21)15-18(2)3)25-14-20-6-10-29(11-7-20)16-22-17-30-19(4)26-22;/h17-18,20-21H,5-16H2,1-4H3,(H2,24,25,27);1H. The molecule has 2 fully saturated rings. The molecule has 0 spiro atoms. The Morgan fingerprint density at radius 3 is 2.42 bits per heavy atom. The van der Waals surface area contributed by atoms with Crippen molar-refractivity contribution in [2.45, 2.75) is 66.0 Å². The van der Waals surface area contributed by atoms with Crippen LogP contribution in [0.25, 0.3) is 0 Å². The van der Waals surface area contributed by atoms with Gasteiger partial charge in [0, 0.05) is 50.7 Å². The first kappa shape index (κ1) is 26.8. The van der Waals surface area contributed by atoms with E-state index in [2.05, 4.69) is 58.5 Å². The van der Waals surface area contributed by atoms with Crippen LogP contribution in [0.5, 0.6) is 0 Å². The van der Waals surface area contributed by atoms with Gasteiger partial charge in [0.15, 0.2) is 5.96 Å². The van der Waals surface area contributed by atoms with Gasteiger partial charge in [-0.1, -0.05) is 13.8 Å². The van der Waals surface area contributed by atoms with E-state index in [4.69, 9.17) is 4.99 Å². The van der Waals surface area contributed by atoms with Gasteiger partial charge in [0.1, 0.15) is 0 Å². The van der Waals surface area contributed by atoms with E-state index in [9.17, 15) is 0 Å². The first-order chi connectivity index (χ1) is 14.5. The predicted octanol–water partition coefficient (Wildman–Crippen LogP) is 3.96. The highest BCUT2D eigenvalue weighted by Gasteiger charge is 2.22. The maximum absolute atomic E-state index is 4.96. The molecule has 0 atom stereocenters. The minimum atomic E-state index is 0. The molecular weight excluding hydrogens is 519 g/mol. The van der Waals surface area contributed by atoms with Crippen LogP contribution < -0.4 is 10.6 Å². The van der Waals surface area contributed by atoms with Crippen LogP contribution in [0.4, 0.5) is 0 Å². The number of nitrogens with one attached hydrogen (secondary N) is 2. The maximum Gasteiger partial charge on any atom is 0.191 e. The number of aromatic nitrogens is 1. The van der Waals surface area contributed by atoms with Gasteiger partial charge in [0.2, 0.25) is 0 Å². The van der Waals surface area contributed by atoms with E-state index in [1.807, 2.05) is 0 Å². The zero-order valence-corrected chi connectivity index (χ0v) is 23.0. The zero-order chi connectivity index (χ0) is 21.3. The third-order valence-corrected chi connectivity index (χ3v) is 6.99. The van der Waals surface area contributed by atoms with Gasteiger partial charge >= 0.3 is 0 Å². The summed E-state index contributed by atoms with van der Waals surface area (Å²) in [7, 11) is 0. The van der Waals surface area contributed by atoms with E-state index in [0.29, 0.717) is 12.0 Å². The Hall–Kier alpha value is -0.450. The van der Waals surface area contributed by atoms with E-state index >= 15 is 0 Å². The van der Waals surface area contributed by atoms with Crippen LogP contribution >= 0.6 is 35.3 Å². The lowest BCUT2D eigenvalue weighted by Gasteiger charge is -2.34. The number of aliphatic imine (C=N–C) groups is 1. The van der Waals surface area contributed by atoms with Crippen LogP contribution in [-0.2, 0) is 6.54 Å². The number of aryl methyl sites for hydroxylation is 1. The predicted molar refractivity (Wildman–Crippen MR) is 144 cm³/mol. The van der Waals surface area contributed by atoms with Gasteiger partial charge in [0.05, 0.1) is 10.7 Å². The summed E-state index contributed by atoms with van der Waals surface area (Å²) in [6, 6.07) is 0.551. The number of likely N-dealkylation sites (tertiary alicyclic amines) is 2. The van der Waals surface area contributed by atoms with Crippen LogP contribution in [0, 0.1) is 18.8 Å². The molecule has 0 amide bonds. The topological polar surface area (TPSA) is 55.8 Å². The third kappa shape index (κ3) is 9.52. The summed E-state index contributed by atoms with van der Waals surface area (Å²) >= 11 is 1.75. The van der Waals surface area contributed by atoms with Crippen molar-refractivity contribution < 1.29 is 0 Å². The van der Waals surface area contributed by atoms with Gasteiger partial charge in [0.25, 0.3) is 0 Å². The van der Waals surface area contributed by atoms with Crippen LogP contribution in [0.1, 0.15) is 57.2 Å². The smallest absolute Gasteiger partial charge is 0.191 e. The molecule has 0 saturated carbocycles. The Balaban J connectivity index is 0.00000341. The molecule has 1 aromatic heterocycles. The summed E-state index contributed by atoms with van der Waals surface area (Å²) in [6.45, 7) is 17.7. The Morgan fingerprint density at radius 1 is 1.16 bits per heavy atom. The second-order valence-corrected chi connectivity index (χ2v) is 10.5. The lowest BCUT2D eigenvalue weighted by Crippen LogP contribution is -2.49. The van der Waals surface area contributed by atoms with Crippen molar-refractivity contribution in [3.63, 3.8) is 0 Å². The first-order valence-electron chi connectivity index (χ1n) is 11.9. The van der Waals surface area contributed by atoms with Crippen molar-refractivity contribution >= 4 is 41.3 Å². The van der Waals surface area contributed by atoms with Crippen molar-refractivity contribution in [3.8, 4) is 0 Å². The Labute approximate surface area is 210 Å². The Morgan fingerprint density at radius 2 is 1.84 bits per heavy atom. The number of hydrogen-bond acceptors (Lipinski definition) is 5. The molecule has 0 aliphatic carbocycles. The fourth-order valence-corrected chi connectivity index (χ4v) is 5.15. The van der Waals surface area contributed by atoms with Gasteiger partial charge in [-0.2, -0.15) is 0 Å². The van der Waals surface area contributed by atoms with E-state index in [0.717, 1.165) is 44.6 Å². The third-order valence-electron chi connectivity index (χ3n) is 6.16. The molecule has 1 aromatic rings. The lowest BCUT2D eigenvalue weighted by atomic mass is 9.97. The number of guanidine groups is 1. The SMILES string of the molecule is CCNC(=NCC1CCN(Cc2csc(C)n2)CC1)NC1CCN(CC(C)C)CC1.I. The molecule has 3 heterocycles. The fraction of sp³-hybridized carbons (Fsp3) is 0.826. The average Bonchev–Trinajstić information content (AvgIpc) is 3.13. The van der Waals surface area contributed by atoms with E-state index in [1.165, 1.54) is 56.0 Å². The van der Waals surface area contributed by atoms with Crippen LogP contribution in [-0.4, -0.2) is 72.6 Å². The Kier molecular flexibility index (Phi) is 12.1. The summed E-state index contributed by atoms with van der Waals surface area (Å²) < 4.78 is 0. The summed E-state index contributed by atoms with van der Waals surface area (Å²) in [5.41, 5.74) is 1.23. The van der Waals surface area contributed by atoms with Gasteiger partial charge in [-0.3, -0.25) is 9.89 Å². The van der Waals surface area contributed by atoms with Gasteiger partial charge in [-0.25, -0.2) is 4.98 Å². The van der Waals surface area contributed by atoms with Crippen molar-refractivity contribution in [1.29, 1.82) is 0 Å². The monoisotopic (exact) mass is 562 g/mol. The largest absolute Gasteiger partial charge is 0.357 e. The van der Waals surface area contributed by atoms with Crippen molar-refractivity contribution in [2.24, 2.45) is 16.8 Å². The average molecular weight is 563 g/mol. The van der Waals surface area contributed by atoms with Crippen LogP contribution in [0.15, 0.2) is 10.4 Å². The molecule has 0 aromatic carbocycles. The molecule has 3 rings (SSSR count). The quantitative estimate of drug-likeness (QED) is 0.286. The van der Waals surface area contributed by atoms with Gasteiger partial charge in [-0.05, 0) is 64.5 Å². The first-order valence-corrected chi connectivity index (χ1v) is 12.8. The minimum absolute atomic E-state index is 0. The number of thiazole rings is 1. The summed E-state index contributed by atoms with van der Waals surface area (Å²) in [4.78, 5) is 14.7. The van der Waals surface area contributed by atoms with Crippen molar-refractivity contribution in [3.05, 3.63) is 16.1 Å². The van der Waals surface area contributed by atoms with Crippen molar-refractivity contribution in [2.75, 3.05) is 45.8 Å². The van der Waals surface area contributed by atoms with Crippen LogP contribution in [0.2, 0.25) is 0 Å². The second-order valence-electron chi connectivity index (χ2n) is 9.41. The molecule has 178 valence electrons. The number of nitrogens with zero attached hydrogens (tertiary/aromatic N) is 4. The molecule has 2 aliphatic heterocycles. The summed E-state index contributed by atoms with van der Waals surface area (Å²) in [5.74, 6) is 2.47. The molecule has 6 nitrogen and oxygen atoms in total. The van der Waals surface area contributed by atoms with Gasteiger partial charge < -0.3 is 15.5 Å².